The maximum atomic E-state index is 12.2. The average molecular weight is 313 g/mol. The van der Waals surface area contributed by atoms with Gasteiger partial charge in [0.1, 0.15) is 0 Å². The number of carbonyl (C=O) groups excluding carboxylic acids is 1. The van der Waals surface area contributed by atoms with E-state index in [2.05, 4.69) is 15.6 Å². The van der Waals surface area contributed by atoms with Crippen molar-refractivity contribution in [1.29, 1.82) is 0 Å². The van der Waals surface area contributed by atoms with E-state index in [0.717, 1.165) is 16.8 Å². The van der Waals surface area contributed by atoms with Crippen molar-refractivity contribution >= 4 is 6.03 Å². The number of hydrogen-bond acceptors (Lipinski definition) is 3. The number of hydrogen-bond donors (Lipinski definition) is 3. The van der Waals surface area contributed by atoms with Gasteiger partial charge in [0.2, 0.25) is 0 Å². The summed E-state index contributed by atoms with van der Waals surface area (Å²) in [4.78, 5) is 16.4. The first-order chi connectivity index (χ1) is 11.2. The third-order valence-electron chi connectivity index (χ3n) is 3.69. The molecule has 2 aromatic rings. The molecule has 5 heteroatoms. The van der Waals surface area contributed by atoms with Crippen LogP contribution in [0.15, 0.2) is 48.7 Å². The highest BCUT2D eigenvalue weighted by Gasteiger charge is 2.14. The number of rotatable bonds is 7. The highest BCUT2D eigenvalue weighted by molar-refractivity contribution is 5.74. The van der Waals surface area contributed by atoms with Crippen molar-refractivity contribution in [3.8, 4) is 0 Å². The fraction of sp³-hybridized carbons (Fsp3) is 0.333. The lowest BCUT2D eigenvalue weighted by molar-refractivity contribution is 0.232. The van der Waals surface area contributed by atoms with Gasteiger partial charge in [0, 0.05) is 12.8 Å². The van der Waals surface area contributed by atoms with E-state index in [4.69, 9.17) is 5.11 Å². The van der Waals surface area contributed by atoms with Crippen LogP contribution in [-0.2, 0) is 6.54 Å². The Morgan fingerprint density at radius 1 is 1.22 bits per heavy atom. The number of nitrogens with one attached hydrogen (secondary N) is 2. The Hall–Kier alpha value is -2.40. The number of aliphatic hydroxyl groups excluding tert-OH is 1. The molecule has 0 aliphatic rings. The number of amides is 2. The van der Waals surface area contributed by atoms with Gasteiger partial charge >= 0.3 is 6.03 Å². The number of nitrogens with zero attached hydrogens (tertiary/aromatic N) is 1. The van der Waals surface area contributed by atoms with E-state index in [-0.39, 0.29) is 18.7 Å². The molecule has 0 fully saturated rings. The van der Waals surface area contributed by atoms with Gasteiger partial charge in [-0.2, -0.15) is 0 Å². The number of aromatic nitrogens is 1. The predicted molar refractivity (Wildman–Crippen MR) is 89.8 cm³/mol. The van der Waals surface area contributed by atoms with Crippen molar-refractivity contribution in [2.45, 2.75) is 32.4 Å². The molecule has 1 aromatic heterocycles. The largest absolute Gasteiger partial charge is 0.396 e. The third kappa shape index (κ3) is 5.38. The first-order valence-electron chi connectivity index (χ1n) is 7.81. The van der Waals surface area contributed by atoms with Crippen LogP contribution in [0.1, 0.15) is 35.7 Å². The zero-order chi connectivity index (χ0) is 16.5. The van der Waals surface area contributed by atoms with Gasteiger partial charge in [-0.1, -0.05) is 36.4 Å². The van der Waals surface area contributed by atoms with Gasteiger partial charge in [-0.15, -0.1) is 0 Å². The van der Waals surface area contributed by atoms with E-state index in [1.807, 2.05) is 49.4 Å². The molecule has 5 nitrogen and oxygen atoms in total. The summed E-state index contributed by atoms with van der Waals surface area (Å²) in [6.07, 6.45) is 3.05. The summed E-state index contributed by atoms with van der Waals surface area (Å²) in [7, 11) is 0. The molecule has 1 atom stereocenters. The lowest BCUT2D eigenvalue weighted by Gasteiger charge is -2.19. The van der Waals surface area contributed by atoms with Crippen LogP contribution in [0.3, 0.4) is 0 Å². The average Bonchev–Trinajstić information content (AvgIpc) is 2.58. The Morgan fingerprint density at radius 3 is 2.70 bits per heavy atom. The second-order valence-corrected chi connectivity index (χ2v) is 5.42. The summed E-state index contributed by atoms with van der Waals surface area (Å²) in [6.45, 7) is 2.47. The van der Waals surface area contributed by atoms with E-state index >= 15 is 0 Å². The van der Waals surface area contributed by atoms with Crippen molar-refractivity contribution in [3.05, 3.63) is 65.5 Å². The molecule has 0 aliphatic carbocycles. The van der Waals surface area contributed by atoms with Crippen LogP contribution >= 0.6 is 0 Å². The Kier molecular flexibility index (Phi) is 6.56. The molecule has 1 aromatic carbocycles. The number of urea groups is 1. The highest BCUT2D eigenvalue weighted by atomic mass is 16.3. The smallest absolute Gasteiger partial charge is 0.315 e. The number of aryl methyl sites for hydroxylation is 1. The van der Waals surface area contributed by atoms with Crippen LogP contribution in [-0.4, -0.2) is 22.7 Å². The van der Waals surface area contributed by atoms with Crippen LogP contribution in [0.2, 0.25) is 0 Å². The fourth-order valence-corrected chi connectivity index (χ4v) is 2.38. The molecular weight excluding hydrogens is 290 g/mol. The van der Waals surface area contributed by atoms with Gasteiger partial charge in [-0.05, 0) is 37.0 Å². The van der Waals surface area contributed by atoms with Crippen LogP contribution in [0, 0.1) is 6.92 Å². The molecule has 0 saturated carbocycles. The minimum Gasteiger partial charge on any atom is -0.396 e. The van der Waals surface area contributed by atoms with Gasteiger partial charge in [-0.3, -0.25) is 4.98 Å². The SMILES string of the molecule is Cc1cccnc1CNC(=O)NC(CCCO)c1ccccc1. The predicted octanol–water partition coefficient (Wildman–Crippen LogP) is 2.70. The van der Waals surface area contributed by atoms with Crippen molar-refractivity contribution in [1.82, 2.24) is 15.6 Å². The van der Waals surface area contributed by atoms with Gasteiger partial charge < -0.3 is 15.7 Å². The van der Waals surface area contributed by atoms with E-state index in [1.165, 1.54) is 0 Å². The maximum Gasteiger partial charge on any atom is 0.315 e. The fourth-order valence-electron chi connectivity index (χ4n) is 2.38. The van der Waals surface area contributed by atoms with Crippen LogP contribution < -0.4 is 10.6 Å². The zero-order valence-corrected chi connectivity index (χ0v) is 13.3. The van der Waals surface area contributed by atoms with Crippen molar-refractivity contribution in [2.75, 3.05) is 6.61 Å². The summed E-state index contributed by atoms with van der Waals surface area (Å²) in [5.41, 5.74) is 2.94. The number of aliphatic hydroxyl groups is 1. The molecule has 0 bridgehead atoms. The van der Waals surface area contributed by atoms with E-state index in [1.54, 1.807) is 6.20 Å². The monoisotopic (exact) mass is 313 g/mol. The van der Waals surface area contributed by atoms with Crippen molar-refractivity contribution < 1.29 is 9.90 Å². The molecule has 2 rings (SSSR count). The summed E-state index contributed by atoms with van der Waals surface area (Å²) < 4.78 is 0. The Bertz CT molecular complexity index is 617. The summed E-state index contributed by atoms with van der Waals surface area (Å²) in [5, 5.41) is 14.9. The molecule has 0 radical (unpaired) electrons. The van der Waals surface area contributed by atoms with Crippen molar-refractivity contribution in [2.24, 2.45) is 0 Å². The molecule has 0 aliphatic heterocycles. The molecule has 122 valence electrons. The second kappa shape index (κ2) is 8.90. The van der Waals surface area contributed by atoms with Crippen LogP contribution in [0.25, 0.3) is 0 Å². The lowest BCUT2D eigenvalue weighted by atomic mass is 10.0. The highest BCUT2D eigenvalue weighted by Crippen LogP contribution is 2.17. The molecule has 3 N–H and O–H groups in total. The van der Waals surface area contributed by atoms with Gasteiger partial charge in [-0.25, -0.2) is 4.79 Å². The lowest BCUT2D eigenvalue weighted by Crippen LogP contribution is -2.38. The first kappa shape index (κ1) is 17.0. The Labute approximate surface area is 136 Å². The van der Waals surface area contributed by atoms with Crippen molar-refractivity contribution in [3.63, 3.8) is 0 Å². The number of carbonyl (C=O) groups is 1. The normalized spacial score (nSPS) is 11.7. The van der Waals surface area contributed by atoms with E-state index in [9.17, 15) is 4.79 Å². The first-order valence-corrected chi connectivity index (χ1v) is 7.81. The standard InChI is InChI=1S/C18H23N3O2/c1-14-7-5-11-19-17(14)13-20-18(23)21-16(10-6-12-22)15-8-3-2-4-9-15/h2-5,7-9,11,16,22H,6,10,12-13H2,1H3,(H2,20,21,23). The number of benzene rings is 1. The molecule has 23 heavy (non-hydrogen) atoms. The topological polar surface area (TPSA) is 74.2 Å². The third-order valence-corrected chi connectivity index (χ3v) is 3.69. The number of pyridine rings is 1. The molecule has 0 spiro atoms. The second-order valence-electron chi connectivity index (χ2n) is 5.42. The van der Waals surface area contributed by atoms with Gasteiger partial charge in [0.15, 0.2) is 0 Å². The summed E-state index contributed by atoms with van der Waals surface area (Å²) >= 11 is 0. The van der Waals surface area contributed by atoms with E-state index in [0.29, 0.717) is 19.4 Å². The molecule has 2 amide bonds. The van der Waals surface area contributed by atoms with Gasteiger partial charge in [0.25, 0.3) is 0 Å². The van der Waals surface area contributed by atoms with Crippen LogP contribution in [0.5, 0.6) is 0 Å². The molecule has 0 saturated heterocycles. The zero-order valence-electron chi connectivity index (χ0n) is 13.3. The van der Waals surface area contributed by atoms with E-state index < -0.39 is 0 Å². The van der Waals surface area contributed by atoms with Crippen LogP contribution in [0.4, 0.5) is 4.79 Å². The Balaban J connectivity index is 1.93. The molecule has 1 unspecified atom stereocenters. The maximum absolute atomic E-state index is 12.2. The minimum atomic E-state index is -0.234. The quantitative estimate of drug-likeness (QED) is 0.736. The summed E-state index contributed by atoms with van der Waals surface area (Å²) in [5.74, 6) is 0. The Morgan fingerprint density at radius 2 is 2.00 bits per heavy atom. The molecule has 1 heterocycles. The summed E-state index contributed by atoms with van der Waals surface area (Å²) in [6, 6.07) is 13.3. The minimum absolute atomic E-state index is 0.111. The molecular formula is C18H23N3O2. The van der Waals surface area contributed by atoms with Gasteiger partial charge in [0.05, 0.1) is 18.3 Å².